The molecule has 2 heterocycles. The highest BCUT2D eigenvalue weighted by atomic mass is 32.1. The number of aromatic nitrogens is 1. The molecular weight excluding hydrogens is 486 g/mol. The van der Waals surface area contributed by atoms with Gasteiger partial charge in [-0.3, -0.25) is 9.59 Å². The van der Waals surface area contributed by atoms with Gasteiger partial charge in [0.2, 0.25) is 0 Å². The summed E-state index contributed by atoms with van der Waals surface area (Å²) in [5.41, 5.74) is 1.76. The third-order valence-electron chi connectivity index (χ3n) is 7.85. The molecule has 0 unspecified atom stereocenters. The van der Waals surface area contributed by atoms with E-state index in [1.807, 2.05) is 32.2 Å². The van der Waals surface area contributed by atoms with Gasteiger partial charge in [0, 0.05) is 17.7 Å². The van der Waals surface area contributed by atoms with Crippen molar-refractivity contribution in [1.82, 2.24) is 4.98 Å². The Balaban J connectivity index is 2.33. The van der Waals surface area contributed by atoms with Gasteiger partial charge in [-0.05, 0) is 63.5 Å². The highest BCUT2D eigenvalue weighted by molar-refractivity contribution is 7.09. The maximum atomic E-state index is 13.3. The van der Waals surface area contributed by atoms with Crippen LogP contribution in [0, 0.1) is 30.1 Å². The van der Waals surface area contributed by atoms with Crippen molar-refractivity contribution < 1.29 is 24.5 Å². The Morgan fingerprint density at radius 1 is 1.19 bits per heavy atom. The molecule has 2 N–H and O–H groups in total. The largest absolute Gasteiger partial charge is 0.457 e. The van der Waals surface area contributed by atoms with Crippen LogP contribution >= 0.6 is 11.3 Å². The summed E-state index contributed by atoms with van der Waals surface area (Å²) in [5, 5.41) is 24.8. The van der Waals surface area contributed by atoms with Gasteiger partial charge in [0.25, 0.3) is 0 Å². The number of ether oxygens (including phenoxy) is 1. The van der Waals surface area contributed by atoms with Crippen LogP contribution < -0.4 is 0 Å². The molecule has 1 aromatic heterocycles. The van der Waals surface area contributed by atoms with Crippen molar-refractivity contribution in [3.63, 3.8) is 0 Å². The number of nitrogens with zero attached hydrogens (tertiary/aromatic N) is 1. The summed E-state index contributed by atoms with van der Waals surface area (Å²) in [4.78, 5) is 30.8. The number of aliphatic hydroxyl groups excluding tert-OH is 2. The molecule has 1 aromatic rings. The van der Waals surface area contributed by atoms with Gasteiger partial charge in [-0.1, -0.05) is 52.7 Å². The number of aliphatic hydroxyl groups is 2. The van der Waals surface area contributed by atoms with E-state index in [1.165, 1.54) is 5.57 Å². The van der Waals surface area contributed by atoms with Crippen molar-refractivity contribution in [2.45, 2.75) is 112 Å². The number of thiazole rings is 1. The average Bonchev–Trinajstić information content (AvgIpc) is 3.23. The molecule has 7 heteroatoms. The predicted molar refractivity (Wildman–Crippen MR) is 150 cm³/mol. The first-order chi connectivity index (χ1) is 17.2. The number of Topliss-reactive ketones (excluding diaryl/α,β-unsaturated/α-hetero) is 1. The van der Waals surface area contributed by atoms with E-state index in [0.717, 1.165) is 42.0 Å². The van der Waals surface area contributed by atoms with E-state index < -0.39 is 35.6 Å². The van der Waals surface area contributed by atoms with Crippen LogP contribution in [-0.2, 0) is 14.3 Å². The molecular formula is C30H47NO5S. The lowest BCUT2D eigenvalue weighted by Gasteiger charge is -2.35. The van der Waals surface area contributed by atoms with E-state index in [2.05, 4.69) is 24.9 Å². The number of hydrogen-bond donors (Lipinski definition) is 2. The molecule has 208 valence electrons. The van der Waals surface area contributed by atoms with Crippen LogP contribution in [0.25, 0.3) is 6.08 Å². The Kier molecular flexibility index (Phi) is 11.7. The van der Waals surface area contributed by atoms with Crippen LogP contribution in [0.4, 0.5) is 0 Å². The van der Waals surface area contributed by atoms with Crippen LogP contribution in [0.2, 0.25) is 0 Å². The molecule has 37 heavy (non-hydrogen) atoms. The first kappa shape index (κ1) is 31.4. The van der Waals surface area contributed by atoms with Gasteiger partial charge in [0.15, 0.2) is 0 Å². The summed E-state index contributed by atoms with van der Waals surface area (Å²) in [6.07, 6.45) is 5.66. The minimum Gasteiger partial charge on any atom is -0.457 e. The SMILES string of the molecule is C/C1=C/C[C@@H](/C(C)=C/c2csc(C)n2)OC(=O)C[C@H](O)C(C)(C)C(=O)[C@H](C)[C@@H](O)[C@@H](C)C[C@H](C)CCC1. The Morgan fingerprint density at radius 2 is 1.86 bits per heavy atom. The van der Waals surface area contributed by atoms with E-state index in [0.29, 0.717) is 12.3 Å². The van der Waals surface area contributed by atoms with Crippen molar-refractivity contribution >= 4 is 29.2 Å². The van der Waals surface area contributed by atoms with Crippen LogP contribution in [0.5, 0.6) is 0 Å². The number of carbonyl (C=O) groups is 2. The van der Waals surface area contributed by atoms with Crippen molar-refractivity contribution in [1.29, 1.82) is 0 Å². The molecule has 0 saturated heterocycles. The quantitative estimate of drug-likeness (QED) is 0.342. The van der Waals surface area contributed by atoms with Gasteiger partial charge in [-0.15, -0.1) is 11.3 Å². The predicted octanol–water partition coefficient (Wildman–Crippen LogP) is 6.29. The maximum absolute atomic E-state index is 13.3. The van der Waals surface area contributed by atoms with Crippen molar-refractivity contribution in [3.05, 3.63) is 33.3 Å². The van der Waals surface area contributed by atoms with Crippen LogP contribution in [0.3, 0.4) is 0 Å². The van der Waals surface area contributed by atoms with E-state index in [9.17, 15) is 19.8 Å². The zero-order chi connectivity index (χ0) is 27.9. The van der Waals surface area contributed by atoms with E-state index >= 15 is 0 Å². The topological polar surface area (TPSA) is 96.7 Å². The zero-order valence-electron chi connectivity index (χ0n) is 23.9. The van der Waals surface area contributed by atoms with Crippen molar-refractivity contribution in [2.75, 3.05) is 0 Å². The fraction of sp³-hybridized carbons (Fsp3) is 0.700. The first-order valence-electron chi connectivity index (χ1n) is 13.6. The Labute approximate surface area is 227 Å². The number of carbonyl (C=O) groups excluding carboxylic acids is 2. The lowest BCUT2D eigenvalue weighted by molar-refractivity contribution is -0.154. The normalized spacial score (nSPS) is 33.1. The average molecular weight is 534 g/mol. The van der Waals surface area contributed by atoms with Gasteiger partial charge in [-0.2, -0.15) is 0 Å². The molecule has 0 fully saturated rings. The first-order valence-corrected chi connectivity index (χ1v) is 14.5. The van der Waals surface area contributed by atoms with Crippen LogP contribution in [-0.4, -0.2) is 45.3 Å². The van der Waals surface area contributed by atoms with E-state index in [4.69, 9.17) is 4.74 Å². The number of rotatable bonds is 2. The number of esters is 1. The second-order valence-corrected chi connectivity index (χ2v) is 12.8. The molecule has 0 bridgehead atoms. The molecule has 1 aliphatic rings. The molecule has 2 rings (SSSR count). The van der Waals surface area contributed by atoms with E-state index in [-0.39, 0.29) is 18.1 Å². The minimum absolute atomic E-state index is 0.0422. The standard InChI is InChI=1S/C30H47NO5S/c1-18-10-9-11-19(2)14-21(4)28(34)22(5)29(35)30(7,8)26(32)16-27(33)36-25(13-12-18)20(3)15-24-17-37-23(6)31-24/h12,15,17,19,21-22,25-26,28,32,34H,9-11,13-14,16H2,1-8H3/b18-12-,20-15+/t19-,21+,22-,25+,26+,28+/m1/s1. The second-order valence-electron chi connectivity index (χ2n) is 11.7. The minimum atomic E-state index is -1.22. The molecule has 6 nitrogen and oxygen atoms in total. The summed E-state index contributed by atoms with van der Waals surface area (Å²) in [6.45, 7) is 15.2. The summed E-state index contributed by atoms with van der Waals surface area (Å²) in [5.74, 6) is -1.06. The van der Waals surface area contributed by atoms with Crippen LogP contribution in [0.15, 0.2) is 22.6 Å². The molecule has 0 radical (unpaired) electrons. The monoisotopic (exact) mass is 533 g/mol. The van der Waals surface area contributed by atoms with Gasteiger partial charge in [0.1, 0.15) is 11.9 Å². The molecule has 0 spiro atoms. The molecule has 0 aromatic carbocycles. The summed E-state index contributed by atoms with van der Waals surface area (Å²) >= 11 is 1.57. The third-order valence-corrected chi connectivity index (χ3v) is 8.65. The Morgan fingerprint density at radius 3 is 2.49 bits per heavy atom. The Hall–Kier alpha value is -1.83. The molecule has 1 aliphatic heterocycles. The lowest BCUT2D eigenvalue weighted by atomic mass is 9.72. The van der Waals surface area contributed by atoms with E-state index in [1.54, 1.807) is 32.1 Å². The van der Waals surface area contributed by atoms with Gasteiger partial charge >= 0.3 is 5.97 Å². The maximum Gasteiger partial charge on any atom is 0.309 e. The highest BCUT2D eigenvalue weighted by Gasteiger charge is 2.42. The fourth-order valence-corrected chi connectivity index (χ4v) is 5.72. The second kappa shape index (κ2) is 13.8. The number of ketones is 1. The lowest BCUT2D eigenvalue weighted by Crippen LogP contribution is -2.45. The summed E-state index contributed by atoms with van der Waals surface area (Å²) in [6, 6.07) is 0. The molecule has 0 saturated carbocycles. The number of allylic oxidation sites excluding steroid dienone is 1. The highest BCUT2D eigenvalue weighted by Crippen LogP contribution is 2.33. The number of cyclic esters (lactones) is 1. The number of aryl methyl sites for hydroxylation is 1. The Bertz CT molecular complexity index is 978. The summed E-state index contributed by atoms with van der Waals surface area (Å²) in [7, 11) is 0. The molecule has 6 atom stereocenters. The zero-order valence-corrected chi connectivity index (χ0v) is 24.7. The third kappa shape index (κ3) is 9.15. The van der Waals surface area contributed by atoms with Gasteiger partial charge in [0.05, 0.1) is 34.7 Å². The summed E-state index contributed by atoms with van der Waals surface area (Å²) < 4.78 is 5.87. The van der Waals surface area contributed by atoms with Gasteiger partial charge < -0.3 is 14.9 Å². The van der Waals surface area contributed by atoms with Crippen molar-refractivity contribution in [2.24, 2.45) is 23.2 Å². The van der Waals surface area contributed by atoms with Gasteiger partial charge in [-0.25, -0.2) is 4.98 Å². The van der Waals surface area contributed by atoms with Crippen LogP contribution in [0.1, 0.15) is 97.7 Å². The molecule has 0 aliphatic carbocycles. The van der Waals surface area contributed by atoms with Crippen molar-refractivity contribution in [3.8, 4) is 0 Å². The smallest absolute Gasteiger partial charge is 0.309 e. The molecule has 0 amide bonds. The number of hydrogen-bond acceptors (Lipinski definition) is 7. The fourth-order valence-electron chi connectivity index (χ4n) is 5.15.